The van der Waals surface area contributed by atoms with E-state index in [0.29, 0.717) is 5.37 Å². The van der Waals surface area contributed by atoms with Crippen molar-refractivity contribution in [3.8, 4) is 0 Å². The lowest BCUT2D eigenvalue weighted by Gasteiger charge is -2.20. The van der Waals surface area contributed by atoms with Crippen LogP contribution >= 0.6 is 12.6 Å². The van der Waals surface area contributed by atoms with Crippen molar-refractivity contribution in [3.05, 3.63) is 12.4 Å². The summed E-state index contributed by atoms with van der Waals surface area (Å²) in [6.07, 6.45) is 4.10. The number of hydrogen-bond acceptors (Lipinski definition) is 3. The Morgan fingerprint density at radius 1 is 1.29 bits per heavy atom. The number of thiol groups is 1. The fraction of sp³-hybridized carbons (Fsp3) is 0.667. The molecule has 0 aromatic rings. The van der Waals surface area contributed by atoms with Gasteiger partial charge in [-0.1, -0.05) is 0 Å². The maximum atomic E-state index is 9.75. The summed E-state index contributed by atoms with van der Waals surface area (Å²) in [7, 11) is -3.95. The molecule has 1 aliphatic rings. The quantitative estimate of drug-likeness (QED) is 0.420. The zero-order valence-corrected chi connectivity index (χ0v) is 8.76. The maximum Gasteiger partial charge on any atom is 0.673 e. The largest absolute Gasteiger partial charge is 0.673 e. The third-order valence-electron chi connectivity index (χ3n) is 1.38. The molecule has 0 saturated carbocycles. The van der Waals surface area contributed by atoms with Crippen LogP contribution in [0.5, 0.6) is 0 Å². The second-order valence-electron chi connectivity index (χ2n) is 2.84. The topological polar surface area (TPSA) is 6.48 Å². The minimum Gasteiger partial charge on any atom is -0.418 e. The fourth-order valence-corrected chi connectivity index (χ4v) is 0.944. The SMILES string of the molecule is CC(S)N1C=CN(C)C1.F[B-](F)(F)F. The Balaban J connectivity index is 0.000000292. The van der Waals surface area contributed by atoms with Crippen LogP contribution in [0, 0.1) is 0 Å². The molecule has 0 N–H and O–H groups in total. The van der Waals surface area contributed by atoms with Gasteiger partial charge >= 0.3 is 7.25 Å². The van der Waals surface area contributed by atoms with Gasteiger partial charge in [-0.05, 0) is 6.92 Å². The lowest BCUT2D eigenvalue weighted by atomic mass is 10.3. The first-order valence-corrected chi connectivity index (χ1v) is 4.41. The summed E-state index contributed by atoms with van der Waals surface area (Å²) in [6.45, 7) is 3.03. The van der Waals surface area contributed by atoms with E-state index in [2.05, 4.69) is 35.6 Å². The van der Waals surface area contributed by atoms with Gasteiger partial charge in [0.1, 0.15) is 0 Å². The van der Waals surface area contributed by atoms with E-state index in [1.54, 1.807) is 0 Å². The molecule has 1 unspecified atom stereocenters. The van der Waals surface area contributed by atoms with Gasteiger partial charge in [0.25, 0.3) is 0 Å². The Hall–Kier alpha value is -0.525. The molecule has 0 aromatic heterocycles. The summed E-state index contributed by atoms with van der Waals surface area (Å²) in [5, 5.41) is 0.325. The molecule has 14 heavy (non-hydrogen) atoms. The first-order chi connectivity index (χ1) is 6.20. The summed E-state index contributed by atoms with van der Waals surface area (Å²) in [4.78, 5) is 4.27. The fourth-order valence-electron chi connectivity index (χ4n) is 0.794. The third kappa shape index (κ3) is 8.09. The summed E-state index contributed by atoms with van der Waals surface area (Å²) in [5.74, 6) is 0. The second kappa shape index (κ2) is 5.38. The molecule has 8 heteroatoms. The molecule has 2 nitrogen and oxygen atoms in total. The number of rotatable bonds is 1. The lowest BCUT2D eigenvalue weighted by Crippen LogP contribution is -2.26. The van der Waals surface area contributed by atoms with E-state index in [-0.39, 0.29) is 0 Å². The van der Waals surface area contributed by atoms with Crippen LogP contribution in [0.4, 0.5) is 17.3 Å². The highest BCUT2D eigenvalue weighted by Gasteiger charge is 2.20. The highest BCUT2D eigenvalue weighted by molar-refractivity contribution is 7.80. The average molecular weight is 231 g/mol. The highest BCUT2D eigenvalue weighted by atomic mass is 32.1. The molecule has 1 rings (SSSR count). The Labute approximate surface area is 86.1 Å². The number of hydrogen-bond donors (Lipinski definition) is 1. The van der Waals surface area contributed by atoms with Crippen molar-refractivity contribution in [3.63, 3.8) is 0 Å². The van der Waals surface area contributed by atoms with Gasteiger partial charge in [0.2, 0.25) is 0 Å². The van der Waals surface area contributed by atoms with Crippen molar-refractivity contribution in [1.82, 2.24) is 9.80 Å². The van der Waals surface area contributed by atoms with E-state index in [1.165, 1.54) is 0 Å². The van der Waals surface area contributed by atoms with Gasteiger partial charge in [-0.15, -0.1) is 0 Å². The minimum absolute atomic E-state index is 0.325. The summed E-state index contributed by atoms with van der Waals surface area (Å²) >= 11 is 4.28. The first-order valence-electron chi connectivity index (χ1n) is 3.90. The van der Waals surface area contributed by atoms with Crippen molar-refractivity contribution in [2.75, 3.05) is 13.7 Å². The van der Waals surface area contributed by atoms with Crippen molar-refractivity contribution in [1.29, 1.82) is 0 Å². The van der Waals surface area contributed by atoms with Crippen LogP contribution in [0.15, 0.2) is 12.4 Å². The Kier molecular flexibility index (Phi) is 5.18. The van der Waals surface area contributed by atoms with Gasteiger partial charge in [0.05, 0.1) is 12.0 Å². The van der Waals surface area contributed by atoms with Gasteiger partial charge in [-0.3, -0.25) is 0 Å². The van der Waals surface area contributed by atoms with E-state index in [1.807, 2.05) is 13.2 Å². The molecule has 1 atom stereocenters. The minimum atomic E-state index is -6.00. The van der Waals surface area contributed by atoms with E-state index in [0.717, 1.165) is 6.67 Å². The predicted octanol–water partition coefficient (Wildman–Crippen LogP) is 2.24. The van der Waals surface area contributed by atoms with Gasteiger partial charge in [-0.25, -0.2) is 0 Å². The molecule has 0 spiro atoms. The van der Waals surface area contributed by atoms with Crippen molar-refractivity contribution < 1.29 is 17.3 Å². The standard InChI is InChI=1S/C6H12N2S.BF4/c1-6(9)8-4-3-7(2)5-8;2-1(3,4)5/h3-4,6,9H,5H2,1-2H3;/q;-1. The highest BCUT2D eigenvalue weighted by Crippen LogP contribution is 2.10. The Morgan fingerprint density at radius 3 is 1.86 bits per heavy atom. The van der Waals surface area contributed by atoms with Crippen LogP contribution in [-0.4, -0.2) is 36.1 Å². The maximum absolute atomic E-state index is 9.75. The van der Waals surface area contributed by atoms with Crippen LogP contribution in [0.25, 0.3) is 0 Å². The van der Waals surface area contributed by atoms with E-state index in [4.69, 9.17) is 0 Å². The number of halogens is 4. The second-order valence-corrected chi connectivity index (χ2v) is 3.58. The number of nitrogens with zero attached hydrogens (tertiary/aromatic N) is 2. The van der Waals surface area contributed by atoms with Crippen molar-refractivity contribution in [2.24, 2.45) is 0 Å². The van der Waals surface area contributed by atoms with Gasteiger partial charge < -0.3 is 27.1 Å². The Morgan fingerprint density at radius 2 is 1.71 bits per heavy atom. The molecular weight excluding hydrogens is 219 g/mol. The van der Waals surface area contributed by atoms with Crippen LogP contribution in [0.3, 0.4) is 0 Å². The molecule has 0 bridgehead atoms. The molecule has 1 aliphatic heterocycles. The summed E-state index contributed by atoms with van der Waals surface area (Å²) in [5.41, 5.74) is 0. The van der Waals surface area contributed by atoms with E-state index >= 15 is 0 Å². The van der Waals surface area contributed by atoms with Crippen LogP contribution in [0.1, 0.15) is 6.92 Å². The van der Waals surface area contributed by atoms with Crippen LogP contribution in [0.2, 0.25) is 0 Å². The molecule has 0 fully saturated rings. The summed E-state index contributed by atoms with van der Waals surface area (Å²) in [6, 6.07) is 0. The molecule has 1 heterocycles. The van der Waals surface area contributed by atoms with E-state index in [9.17, 15) is 17.3 Å². The lowest BCUT2D eigenvalue weighted by molar-refractivity contribution is 0.293. The van der Waals surface area contributed by atoms with Crippen LogP contribution in [-0.2, 0) is 0 Å². The van der Waals surface area contributed by atoms with Gasteiger partial charge in [0, 0.05) is 19.4 Å². The monoisotopic (exact) mass is 231 g/mol. The predicted molar refractivity (Wildman–Crippen MR) is 52.2 cm³/mol. The molecule has 0 amide bonds. The molecule has 0 aromatic carbocycles. The zero-order chi connectivity index (χ0) is 11.4. The molecule has 0 saturated heterocycles. The third-order valence-corrected chi connectivity index (χ3v) is 1.68. The van der Waals surface area contributed by atoms with Crippen molar-refractivity contribution >= 4 is 19.9 Å². The normalized spacial score (nSPS) is 17.9. The van der Waals surface area contributed by atoms with Crippen molar-refractivity contribution in [2.45, 2.75) is 12.3 Å². The van der Waals surface area contributed by atoms with Crippen LogP contribution < -0.4 is 0 Å². The molecule has 0 radical (unpaired) electrons. The molecule has 0 aliphatic carbocycles. The van der Waals surface area contributed by atoms with Gasteiger partial charge in [-0.2, -0.15) is 12.6 Å². The molecule has 84 valence electrons. The van der Waals surface area contributed by atoms with Gasteiger partial charge in [0.15, 0.2) is 0 Å². The first kappa shape index (κ1) is 13.5. The van der Waals surface area contributed by atoms with E-state index < -0.39 is 7.25 Å². The summed E-state index contributed by atoms with van der Waals surface area (Å²) < 4.78 is 39.0. The molecular formula is C6H12BF4N2S-. The Bertz CT molecular complexity index is 191. The smallest absolute Gasteiger partial charge is 0.418 e. The average Bonchev–Trinajstić information content (AvgIpc) is 2.31. The zero-order valence-electron chi connectivity index (χ0n) is 7.87.